The van der Waals surface area contributed by atoms with E-state index in [-0.39, 0.29) is 17.1 Å². The number of amides is 1. The quantitative estimate of drug-likeness (QED) is 0.455. The summed E-state index contributed by atoms with van der Waals surface area (Å²) < 4.78 is 38.0. The zero-order valence-corrected chi connectivity index (χ0v) is 15.3. The maximum atomic E-state index is 12.7. The largest absolute Gasteiger partial charge is 0.416 e. The number of benzene rings is 1. The second-order valence-electron chi connectivity index (χ2n) is 6.34. The van der Waals surface area contributed by atoms with Crippen LogP contribution in [-0.4, -0.2) is 20.9 Å². The molecule has 3 aromatic heterocycles. The molecule has 6 nitrogen and oxygen atoms in total. The average Bonchev–Trinajstić information content (AvgIpc) is 3.21. The minimum atomic E-state index is -4.44. The second kappa shape index (κ2) is 7.75. The van der Waals surface area contributed by atoms with E-state index in [1.165, 1.54) is 18.3 Å². The maximum absolute atomic E-state index is 12.7. The lowest BCUT2D eigenvalue weighted by Gasteiger charge is -2.11. The Balaban J connectivity index is 1.50. The van der Waals surface area contributed by atoms with Crippen molar-refractivity contribution < 1.29 is 18.0 Å². The molecule has 0 radical (unpaired) electrons. The first-order valence-electron chi connectivity index (χ1n) is 8.83. The van der Waals surface area contributed by atoms with Gasteiger partial charge in [0, 0.05) is 30.0 Å². The summed E-state index contributed by atoms with van der Waals surface area (Å²) in [5, 5.41) is 6.58. The number of pyridine rings is 1. The molecule has 0 fully saturated rings. The first-order valence-corrected chi connectivity index (χ1v) is 8.83. The van der Waals surface area contributed by atoms with Crippen molar-refractivity contribution in [2.45, 2.75) is 12.7 Å². The summed E-state index contributed by atoms with van der Waals surface area (Å²) in [6, 6.07) is 13.3. The molecule has 4 rings (SSSR count). The van der Waals surface area contributed by atoms with Gasteiger partial charge in [0.2, 0.25) is 0 Å². The number of alkyl halides is 3. The molecule has 0 saturated carbocycles. The molecule has 3 N–H and O–H groups in total. The molecule has 150 valence electrons. The lowest BCUT2D eigenvalue weighted by Crippen LogP contribution is -2.15. The van der Waals surface area contributed by atoms with Crippen LogP contribution in [0.25, 0.3) is 11.0 Å². The Hall–Kier alpha value is -4.06. The zero-order chi connectivity index (χ0) is 21.1. The van der Waals surface area contributed by atoms with E-state index in [4.69, 9.17) is 0 Å². The van der Waals surface area contributed by atoms with Gasteiger partial charge in [0.1, 0.15) is 17.0 Å². The third kappa shape index (κ3) is 4.03. The van der Waals surface area contributed by atoms with Crippen LogP contribution in [0.3, 0.4) is 0 Å². The van der Waals surface area contributed by atoms with Gasteiger partial charge < -0.3 is 15.6 Å². The Kier molecular flexibility index (Phi) is 4.98. The molecule has 1 aromatic carbocycles. The molecule has 4 aromatic rings. The van der Waals surface area contributed by atoms with E-state index < -0.39 is 17.6 Å². The Morgan fingerprint density at radius 2 is 1.90 bits per heavy atom. The average molecular weight is 409 g/mol. The smallest absolute Gasteiger partial charge is 0.365 e. The van der Waals surface area contributed by atoms with Gasteiger partial charge in [-0.3, -0.25) is 4.79 Å². The van der Waals surface area contributed by atoms with Crippen molar-refractivity contribution in [1.82, 2.24) is 15.0 Å². The molecular formula is C21H14F3N5O. The number of hydrogen-bond donors (Lipinski definition) is 3. The fraction of sp³-hybridized carbons (Fsp3) is 0.0952. The van der Waals surface area contributed by atoms with E-state index in [0.29, 0.717) is 6.54 Å². The number of halogens is 3. The molecule has 0 aliphatic carbocycles. The number of H-pyrrole nitrogens is 1. The maximum Gasteiger partial charge on any atom is 0.416 e. The van der Waals surface area contributed by atoms with Crippen molar-refractivity contribution in [1.29, 1.82) is 0 Å². The molecule has 0 unspecified atom stereocenters. The second-order valence-corrected chi connectivity index (χ2v) is 6.34. The number of carbonyl (C=O) groups excluding carboxylic acids is 1. The van der Waals surface area contributed by atoms with Crippen molar-refractivity contribution in [2.75, 3.05) is 10.6 Å². The number of fused-ring (bicyclic) bond motifs is 1. The summed E-state index contributed by atoms with van der Waals surface area (Å²) in [4.78, 5) is 24.0. The topological polar surface area (TPSA) is 82.7 Å². The third-order valence-corrected chi connectivity index (χ3v) is 4.39. The highest BCUT2D eigenvalue weighted by Gasteiger charge is 2.30. The Morgan fingerprint density at radius 3 is 2.67 bits per heavy atom. The van der Waals surface area contributed by atoms with Crippen molar-refractivity contribution in [3.8, 4) is 0 Å². The van der Waals surface area contributed by atoms with Gasteiger partial charge in [-0.15, -0.1) is 0 Å². The molecule has 1 amide bonds. The van der Waals surface area contributed by atoms with E-state index in [0.717, 1.165) is 28.7 Å². The number of hydrogen-bond acceptors (Lipinski definition) is 4. The van der Waals surface area contributed by atoms with Gasteiger partial charge >= 0.3 is 6.18 Å². The third-order valence-electron chi connectivity index (χ3n) is 4.39. The van der Waals surface area contributed by atoms with Crippen LogP contribution in [0.2, 0.25) is 0 Å². The summed E-state index contributed by atoms with van der Waals surface area (Å²) in [5.41, 5.74) is 1.22. The zero-order valence-electron chi connectivity index (χ0n) is 15.3. The number of aromatic amines is 1. The van der Waals surface area contributed by atoms with Crippen molar-refractivity contribution in [3.05, 3.63) is 83.8 Å². The number of nitrogens with one attached hydrogen (secondary N) is 3. The van der Waals surface area contributed by atoms with Crippen molar-refractivity contribution >= 4 is 28.4 Å². The van der Waals surface area contributed by atoms with Gasteiger partial charge in [-0.2, -0.15) is 13.2 Å². The molecule has 0 bridgehead atoms. The number of nitrogens with zero attached hydrogens (tertiary/aromatic N) is 2. The number of aromatic nitrogens is 3. The monoisotopic (exact) mass is 409 g/mol. The van der Waals surface area contributed by atoms with Crippen LogP contribution in [0.5, 0.6) is 0 Å². The fourth-order valence-corrected chi connectivity index (χ4v) is 2.91. The Bertz CT molecular complexity index is 1190. The standard InChI is InChI=1S/C21H14F3N5O/c22-21(23,24)14-3-5-15(6-4-14)29-20(30)17-2-1-9-25-19(17)28-12-13-7-10-26-18-16(13)8-11-27-18/h3-11H,12H2,(H,25,28)(H,26,27)(H,29,30). The SMILES string of the molecule is O=C(Nc1ccc(C(F)(F)F)cc1)c1c#ccnc1NCc1ccnc2[nH]ccc12. The number of anilines is 2. The Morgan fingerprint density at radius 1 is 1.10 bits per heavy atom. The normalized spacial score (nSPS) is 11.2. The molecular weight excluding hydrogens is 395 g/mol. The van der Waals surface area contributed by atoms with Gasteiger partial charge in [0.25, 0.3) is 5.91 Å². The van der Waals surface area contributed by atoms with E-state index in [2.05, 4.69) is 37.7 Å². The van der Waals surface area contributed by atoms with Gasteiger partial charge in [0.05, 0.1) is 11.8 Å². The number of rotatable bonds is 5. The van der Waals surface area contributed by atoms with Crippen LogP contribution >= 0.6 is 0 Å². The molecule has 3 heterocycles. The van der Waals surface area contributed by atoms with E-state index in [1.54, 1.807) is 12.4 Å². The minimum Gasteiger partial charge on any atom is -0.365 e. The van der Waals surface area contributed by atoms with Gasteiger partial charge in [-0.25, -0.2) is 9.97 Å². The summed E-state index contributed by atoms with van der Waals surface area (Å²) >= 11 is 0. The fourth-order valence-electron chi connectivity index (χ4n) is 2.91. The predicted molar refractivity (Wildman–Crippen MR) is 105 cm³/mol. The molecule has 0 aliphatic rings. The van der Waals surface area contributed by atoms with Crippen LogP contribution in [-0.2, 0) is 12.7 Å². The van der Waals surface area contributed by atoms with Crippen LogP contribution in [0, 0.1) is 12.1 Å². The van der Waals surface area contributed by atoms with Crippen LogP contribution in [0.4, 0.5) is 24.7 Å². The first kappa shape index (κ1) is 19.3. The molecule has 9 heteroatoms. The molecule has 0 atom stereocenters. The molecule has 0 spiro atoms. The van der Waals surface area contributed by atoms with Crippen LogP contribution < -0.4 is 10.6 Å². The van der Waals surface area contributed by atoms with Gasteiger partial charge in [-0.1, -0.05) is 6.07 Å². The van der Waals surface area contributed by atoms with Gasteiger partial charge in [0.15, 0.2) is 0 Å². The molecule has 30 heavy (non-hydrogen) atoms. The van der Waals surface area contributed by atoms with E-state index >= 15 is 0 Å². The van der Waals surface area contributed by atoms with Crippen LogP contribution in [0.15, 0.2) is 55.0 Å². The van der Waals surface area contributed by atoms with Crippen molar-refractivity contribution in [2.24, 2.45) is 0 Å². The summed E-state index contributed by atoms with van der Waals surface area (Å²) in [6.45, 7) is 0.377. The highest BCUT2D eigenvalue weighted by atomic mass is 19.4. The molecule has 0 saturated heterocycles. The lowest BCUT2D eigenvalue weighted by molar-refractivity contribution is -0.137. The molecule has 0 aliphatic heterocycles. The lowest BCUT2D eigenvalue weighted by atomic mass is 10.1. The predicted octanol–water partition coefficient (Wildman–Crippen LogP) is 4.44. The minimum absolute atomic E-state index is 0.0942. The van der Waals surface area contributed by atoms with Gasteiger partial charge in [-0.05, 0) is 48.0 Å². The van der Waals surface area contributed by atoms with Crippen LogP contribution in [0.1, 0.15) is 21.5 Å². The highest BCUT2D eigenvalue weighted by molar-refractivity contribution is 6.07. The highest BCUT2D eigenvalue weighted by Crippen LogP contribution is 2.30. The summed E-state index contributed by atoms with van der Waals surface area (Å²) in [7, 11) is 0. The van der Waals surface area contributed by atoms with E-state index in [1.807, 2.05) is 12.1 Å². The summed E-state index contributed by atoms with van der Waals surface area (Å²) in [5.74, 6) is -0.290. The van der Waals surface area contributed by atoms with Crippen molar-refractivity contribution in [3.63, 3.8) is 0 Å². The summed E-state index contributed by atoms with van der Waals surface area (Å²) in [6.07, 6.45) is 0.388. The number of carbonyl (C=O) groups is 1. The Labute approximate surface area is 169 Å². The van der Waals surface area contributed by atoms with E-state index in [9.17, 15) is 18.0 Å². The first-order chi connectivity index (χ1) is 14.4.